The second-order valence-corrected chi connectivity index (χ2v) is 5.93. The molecule has 0 spiro atoms. The molecule has 0 aliphatic heterocycles. The molecule has 19 heavy (non-hydrogen) atoms. The fourth-order valence-electron chi connectivity index (χ4n) is 1.80. The fourth-order valence-corrected chi connectivity index (χ4v) is 1.80. The van der Waals surface area contributed by atoms with E-state index in [1.807, 2.05) is 50.8 Å². The molecule has 0 aromatic carbocycles. The van der Waals surface area contributed by atoms with E-state index in [-0.39, 0.29) is 17.5 Å². The number of hydrogen-bond acceptors (Lipinski definition) is 3. The van der Waals surface area contributed by atoms with Gasteiger partial charge in [-0.3, -0.25) is 9.78 Å². The monoisotopic (exact) mass is 263 g/mol. The van der Waals surface area contributed by atoms with Gasteiger partial charge in [0, 0.05) is 24.2 Å². The predicted octanol–water partition coefficient (Wildman–Crippen LogP) is 2.34. The van der Waals surface area contributed by atoms with E-state index in [9.17, 15) is 4.79 Å². The quantitative estimate of drug-likeness (QED) is 0.857. The van der Waals surface area contributed by atoms with Crippen molar-refractivity contribution >= 4 is 5.91 Å². The Morgan fingerprint density at radius 2 is 2.11 bits per heavy atom. The summed E-state index contributed by atoms with van der Waals surface area (Å²) in [4.78, 5) is 18.4. The molecule has 0 unspecified atom stereocenters. The van der Waals surface area contributed by atoms with Crippen molar-refractivity contribution in [2.45, 2.75) is 58.7 Å². The highest BCUT2D eigenvalue weighted by molar-refractivity contribution is 5.76. The molecule has 106 valence electrons. The molecule has 4 heteroatoms. The lowest BCUT2D eigenvalue weighted by atomic mass is 9.99. The molecule has 1 aromatic rings. The number of amides is 1. The highest BCUT2D eigenvalue weighted by atomic mass is 16.2. The summed E-state index contributed by atoms with van der Waals surface area (Å²) in [7, 11) is 0. The zero-order valence-corrected chi connectivity index (χ0v) is 12.4. The van der Waals surface area contributed by atoms with Crippen LogP contribution in [0.2, 0.25) is 0 Å². The third-order valence-electron chi connectivity index (χ3n) is 2.99. The zero-order chi connectivity index (χ0) is 14.5. The first-order valence-electron chi connectivity index (χ1n) is 6.78. The van der Waals surface area contributed by atoms with Gasteiger partial charge in [0.25, 0.3) is 0 Å². The molecule has 1 aromatic heterocycles. The highest BCUT2D eigenvalue weighted by Crippen LogP contribution is 2.13. The lowest BCUT2D eigenvalue weighted by Gasteiger charge is -2.28. The molecule has 0 saturated heterocycles. The van der Waals surface area contributed by atoms with Crippen LogP contribution in [0.3, 0.4) is 0 Å². The molecule has 1 heterocycles. The lowest BCUT2D eigenvalue weighted by molar-refractivity contribution is -0.134. The molecule has 0 aliphatic rings. The van der Waals surface area contributed by atoms with Crippen molar-refractivity contribution in [3.63, 3.8) is 0 Å². The second-order valence-electron chi connectivity index (χ2n) is 5.93. The second kappa shape index (κ2) is 6.66. The molecule has 0 aliphatic carbocycles. The third-order valence-corrected chi connectivity index (χ3v) is 2.99. The third kappa shape index (κ3) is 5.83. The van der Waals surface area contributed by atoms with E-state index < -0.39 is 0 Å². The van der Waals surface area contributed by atoms with Gasteiger partial charge in [0.15, 0.2) is 0 Å². The standard InChI is InChI=1S/C15H25N3O/c1-12(2)18(11-13-7-5-6-10-17-13)14(19)8-9-15(3,4)16/h5-7,10,12H,8-9,11,16H2,1-4H3. The summed E-state index contributed by atoms with van der Waals surface area (Å²) in [5.41, 5.74) is 6.54. The molecule has 0 bridgehead atoms. The summed E-state index contributed by atoms with van der Waals surface area (Å²) >= 11 is 0. The van der Waals surface area contributed by atoms with Crippen LogP contribution in [-0.4, -0.2) is 27.4 Å². The van der Waals surface area contributed by atoms with Crippen LogP contribution in [0, 0.1) is 0 Å². The highest BCUT2D eigenvalue weighted by Gasteiger charge is 2.20. The zero-order valence-electron chi connectivity index (χ0n) is 12.4. The van der Waals surface area contributed by atoms with Crippen LogP contribution in [0.15, 0.2) is 24.4 Å². The van der Waals surface area contributed by atoms with Gasteiger partial charge in [-0.1, -0.05) is 6.07 Å². The van der Waals surface area contributed by atoms with Crippen molar-refractivity contribution in [2.75, 3.05) is 0 Å². The van der Waals surface area contributed by atoms with Crippen LogP contribution in [0.5, 0.6) is 0 Å². The summed E-state index contributed by atoms with van der Waals surface area (Å²) in [5.74, 6) is 0.138. The Morgan fingerprint density at radius 1 is 1.42 bits per heavy atom. The summed E-state index contributed by atoms with van der Waals surface area (Å²) in [6.45, 7) is 8.49. The minimum absolute atomic E-state index is 0.138. The minimum Gasteiger partial charge on any atom is -0.334 e. The minimum atomic E-state index is -0.302. The van der Waals surface area contributed by atoms with Crippen molar-refractivity contribution in [1.29, 1.82) is 0 Å². The Balaban J connectivity index is 2.65. The maximum atomic E-state index is 12.3. The van der Waals surface area contributed by atoms with Gasteiger partial charge in [-0.05, 0) is 46.2 Å². The maximum absolute atomic E-state index is 12.3. The smallest absolute Gasteiger partial charge is 0.223 e. The van der Waals surface area contributed by atoms with Crippen molar-refractivity contribution in [2.24, 2.45) is 5.73 Å². The van der Waals surface area contributed by atoms with Gasteiger partial charge in [0.1, 0.15) is 0 Å². The number of nitrogens with zero attached hydrogens (tertiary/aromatic N) is 2. The van der Waals surface area contributed by atoms with Crippen LogP contribution in [-0.2, 0) is 11.3 Å². The lowest BCUT2D eigenvalue weighted by Crippen LogP contribution is -2.39. The first-order valence-corrected chi connectivity index (χ1v) is 6.78. The number of hydrogen-bond donors (Lipinski definition) is 1. The molecule has 0 fully saturated rings. The molecule has 0 radical (unpaired) electrons. The van der Waals surface area contributed by atoms with Gasteiger partial charge in [-0.15, -0.1) is 0 Å². The van der Waals surface area contributed by atoms with Crippen LogP contribution in [0.25, 0.3) is 0 Å². The van der Waals surface area contributed by atoms with Gasteiger partial charge in [-0.25, -0.2) is 0 Å². The van der Waals surface area contributed by atoms with Gasteiger partial charge in [0.05, 0.1) is 12.2 Å². The van der Waals surface area contributed by atoms with E-state index in [0.717, 1.165) is 5.69 Å². The molecule has 0 saturated carbocycles. The van der Waals surface area contributed by atoms with Gasteiger partial charge < -0.3 is 10.6 Å². The number of nitrogens with two attached hydrogens (primary N) is 1. The number of carbonyl (C=O) groups excluding carboxylic acids is 1. The molecule has 0 atom stereocenters. The fraction of sp³-hybridized carbons (Fsp3) is 0.600. The summed E-state index contributed by atoms with van der Waals surface area (Å²) in [5, 5.41) is 0. The topological polar surface area (TPSA) is 59.2 Å². The van der Waals surface area contributed by atoms with E-state index in [0.29, 0.717) is 19.4 Å². The van der Waals surface area contributed by atoms with Crippen molar-refractivity contribution in [1.82, 2.24) is 9.88 Å². The predicted molar refractivity (Wildman–Crippen MR) is 77.4 cm³/mol. The largest absolute Gasteiger partial charge is 0.334 e. The van der Waals surface area contributed by atoms with E-state index in [2.05, 4.69) is 4.98 Å². The Bertz CT molecular complexity index is 396. The van der Waals surface area contributed by atoms with Crippen LogP contribution >= 0.6 is 0 Å². The molecule has 2 N–H and O–H groups in total. The van der Waals surface area contributed by atoms with E-state index >= 15 is 0 Å². The Hall–Kier alpha value is -1.42. The maximum Gasteiger partial charge on any atom is 0.223 e. The average molecular weight is 263 g/mol. The number of rotatable bonds is 6. The molecular weight excluding hydrogens is 238 g/mol. The Labute approximate surface area is 116 Å². The molecule has 1 amide bonds. The first kappa shape index (κ1) is 15.6. The van der Waals surface area contributed by atoms with Crippen molar-refractivity contribution in [3.8, 4) is 0 Å². The number of carbonyl (C=O) groups is 1. The Morgan fingerprint density at radius 3 is 2.58 bits per heavy atom. The van der Waals surface area contributed by atoms with Crippen molar-refractivity contribution in [3.05, 3.63) is 30.1 Å². The summed E-state index contributed by atoms with van der Waals surface area (Å²) in [6, 6.07) is 5.92. The summed E-state index contributed by atoms with van der Waals surface area (Å²) < 4.78 is 0. The molecule has 1 rings (SSSR count). The van der Waals surface area contributed by atoms with E-state index in [4.69, 9.17) is 5.73 Å². The van der Waals surface area contributed by atoms with Gasteiger partial charge in [0.2, 0.25) is 5.91 Å². The van der Waals surface area contributed by atoms with Crippen LogP contribution < -0.4 is 5.73 Å². The first-order chi connectivity index (χ1) is 8.79. The van der Waals surface area contributed by atoms with Crippen LogP contribution in [0.4, 0.5) is 0 Å². The summed E-state index contributed by atoms with van der Waals surface area (Å²) in [6.07, 6.45) is 2.92. The van der Waals surface area contributed by atoms with Crippen LogP contribution in [0.1, 0.15) is 46.2 Å². The van der Waals surface area contributed by atoms with E-state index in [1.165, 1.54) is 0 Å². The van der Waals surface area contributed by atoms with Gasteiger partial charge in [-0.2, -0.15) is 0 Å². The number of pyridine rings is 1. The molecular formula is C15H25N3O. The Kier molecular flexibility index (Phi) is 5.48. The SMILES string of the molecule is CC(C)N(Cc1ccccn1)C(=O)CCC(C)(C)N. The normalized spacial score (nSPS) is 11.7. The average Bonchev–Trinajstić information content (AvgIpc) is 2.33. The number of aromatic nitrogens is 1. The molecule has 4 nitrogen and oxygen atoms in total. The van der Waals surface area contributed by atoms with Crippen molar-refractivity contribution < 1.29 is 4.79 Å². The van der Waals surface area contributed by atoms with Gasteiger partial charge >= 0.3 is 0 Å². The van der Waals surface area contributed by atoms with E-state index in [1.54, 1.807) is 6.20 Å².